The third kappa shape index (κ3) is 4.27. The second-order valence-electron chi connectivity index (χ2n) is 5.04. The van der Waals surface area contributed by atoms with Crippen molar-refractivity contribution in [1.29, 1.82) is 0 Å². The highest BCUT2D eigenvalue weighted by atomic mass is 79.9. The van der Waals surface area contributed by atoms with Crippen molar-refractivity contribution in [2.24, 2.45) is 0 Å². The van der Waals surface area contributed by atoms with E-state index in [9.17, 15) is 19.2 Å². The van der Waals surface area contributed by atoms with Gasteiger partial charge >= 0.3 is 18.0 Å². The summed E-state index contributed by atoms with van der Waals surface area (Å²) in [5, 5.41) is 4.97. The molecule has 134 valence electrons. The maximum absolute atomic E-state index is 12.2. The molecule has 0 spiro atoms. The fourth-order valence-electron chi connectivity index (χ4n) is 2.23. The molecule has 1 aromatic rings. The lowest BCUT2D eigenvalue weighted by atomic mass is 10.0. The molecule has 0 aromatic carbocycles. The van der Waals surface area contributed by atoms with Crippen LogP contribution in [0.3, 0.4) is 0 Å². The Labute approximate surface area is 150 Å². The first kappa shape index (κ1) is 18.7. The third-order valence-electron chi connectivity index (χ3n) is 3.33. The van der Waals surface area contributed by atoms with Crippen molar-refractivity contribution >= 4 is 33.9 Å². The predicted octanol–water partition coefficient (Wildman–Crippen LogP) is 0.813. The number of ether oxygens (including phenoxy) is 2. The normalized spacial score (nSPS) is 16.8. The summed E-state index contributed by atoms with van der Waals surface area (Å²) in [6.45, 7) is 3.07. The van der Waals surface area contributed by atoms with Gasteiger partial charge in [0.25, 0.3) is 5.56 Å². The molecule has 1 unspecified atom stereocenters. The maximum atomic E-state index is 12.2. The smallest absolute Gasteiger partial charge is 0.339 e. The van der Waals surface area contributed by atoms with Gasteiger partial charge in [0, 0.05) is 6.20 Å². The highest BCUT2D eigenvalue weighted by molar-refractivity contribution is 9.10. The Hall–Kier alpha value is -2.62. The topological polar surface area (TPSA) is 127 Å². The highest BCUT2D eigenvalue weighted by Gasteiger charge is 2.30. The SMILES string of the molecule is CCOC(=O)C1=C(COC(=O)c2cc[nH]c(=O)c2Br)NC(=O)NC1C. The van der Waals surface area contributed by atoms with Crippen LogP contribution >= 0.6 is 15.9 Å². The van der Waals surface area contributed by atoms with Crippen molar-refractivity contribution < 1.29 is 23.9 Å². The number of carbonyl (C=O) groups excluding carboxylic acids is 3. The minimum absolute atomic E-state index is 0.0235. The number of hydrogen-bond donors (Lipinski definition) is 3. The molecule has 1 aromatic heterocycles. The molecule has 0 fully saturated rings. The number of carbonyl (C=O) groups is 3. The Balaban J connectivity index is 2.22. The molecule has 0 bridgehead atoms. The lowest BCUT2D eigenvalue weighted by molar-refractivity contribution is -0.139. The van der Waals surface area contributed by atoms with E-state index in [1.807, 2.05) is 0 Å². The largest absolute Gasteiger partial charge is 0.463 e. The molecule has 0 saturated heterocycles. The van der Waals surface area contributed by atoms with E-state index in [1.165, 1.54) is 12.3 Å². The summed E-state index contributed by atoms with van der Waals surface area (Å²) >= 11 is 3.01. The Morgan fingerprint density at radius 2 is 1.96 bits per heavy atom. The van der Waals surface area contributed by atoms with Crippen LogP contribution < -0.4 is 16.2 Å². The Kier molecular flexibility index (Phi) is 5.97. The number of H-pyrrole nitrogens is 1. The van der Waals surface area contributed by atoms with Gasteiger partial charge in [-0.25, -0.2) is 14.4 Å². The predicted molar refractivity (Wildman–Crippen MR) is 89.8 cm³/mol. The minimum Gasteiger partial charge on any atom is -0.463 e. The van der Waals surface area contributed by atoms with Gasteiger partial charge in [0.15, 0.2) is 0 Å². The monoisotopic (exact) mass is 413 g/mol. The van der Waals surface area contributed by atoms with Gasteiger partial charge in [0.1, 0.15) is 6.61 Å². The van der Waals surface area contributed by atoms with Crippen molar-refractivity contribution in [2.75, 3.05) is 13.2 Å². The van der Waals surface area contributed by atoms with Crippen molar-refractivity contribution in [2.45, 2.75) is 19.9 Å². The van der Waals surface area contributed by atoms with Gasteiger partial charge in [-0.05, 0) is 35.8 Å². The van der Waals surface area contributed by atoms with Gasteiger partial charge in [-0.15, -0.1) is 0 Å². The van der Waals surface area contributed by atoms with Crippen LogP contribution in [0.5, 0.6) is 0 Å². The van der Waals surface area contributed by atoms with E-state index >= 15 is 0 Å². The molecule has 0 aliphatic carbocycles. The van der Waals surface area contributed by atoms with Gasteiger partial charge in [-0.3, -0.25) is 4.79 Å². The number of amides is 2. The summed E-state index contributed by atoms with van der Waals surface area (Å²) in [4.78, 5) is 49.8. The number of pyridine rings is 1. The fraction of sp³-hybridized carbons (Fsp3) is 0.333. The Morgan fingerprint density at radius 1 is 1.24 bits per heavy atom. The molecule has 3 N–H and O–H groups in total. The molecule has 2 rings (SSSR count). The number of hydrogen-bond acceptors (Lipinski definition) is 6. The second kappa shape index (κ2) is 7.97. The summed E-state index contributed by atoms with van der Waals surface area (Å²) in [5.74, 6) is -1.40. The van der Waals surface area contributed by atoms with E-state index in [-0.39, 0.29) is 34.5 Å². The zero-order chi connectivity index (χ0) is 18.6. The van der Waals surface area contributed by atoms with Crippen LogP contribution in [-0.2, 0) is 14.3 Å². The van der Waals surface area contributed by atoms with Crippen LogP contribution in [0.15, 0.2) is 32.8 Å². The van der Waals surface area contributed by atoms with E-state index in [1.54, 1.807) is 13.8 Å². The molecule has 2 heterocycles. The molecular weight excluding hydrogens is 398 g/mol. The molecule has 9 nitrogen and oxygen atoms in total. The Morgan fingerprint density at radius 3 is 2.64 bits per heavy atom. The number of urea groups is 1. The molecular formula is C15H16BrN3O6. The number of nitrogens with one attached hydrogen (secondary N) is 3. The van der Waals surface area contributed by atoms with Crippen molar-refractivity contribution in [3.63, 3.8) is 0 Å². The van der Waals surface area contributed by atoms with Crippen LogP contribution in [-0.4, -0.2) is 42.2 Å². The third-order valence-corrected chi connectivity index (χ3v) is 4.12. The maximum Gasteiger partial charge on any atom is 0.339 e. The molecule has 1 atom stereocenters. The molecule has 1 aliphatic rings. The van der Waals surface area contributed by atoms with Crippen LogP contribution in [0.25, 0.3) is 0 Å². The zero-order valence-corrected chi connectivity index (χ0v) is 15.1. The van der Waals surface area contributed by atoms with Crippen molar-refractivity contribution in [3.05, 3.63) is 43.9 Å². The average molecular weight is 414 g/mol. The molecule has 0 saturated carbocycles. The van der Waals surface area contributed by atoms with E-state index < -0.39 is 29.6 Å². The Bertz CT molecular complexity index is 801. The summed E-state index contributed by atoms with van der Waals surface area (Å²) in [7, 11) is 0. The average Bonchev–Trinajstić information content (AvgIpc) is 2.54. The first-order valence-electron chi connectivity index (χ1n) is 7.37. The van der Waals surface area contributed by atoms with Crippen LogP contribution in [0.4, 0.5) is 4.79 Å². The molecule has 1 aliphatic heterocycles. The van der Waals surface area contributed by atoms with E-state index in [2.05, 4.69) is 31.5 Å². The summed E-state index contributed by atoms with van der Waals surface area (Å²) < 4.78 is 10.1. The second-order valence-corrected chi connectivity index (χ2v) is 5.84. The molecule has 2 amide bonds. The number of esters is 2. The van der Waals surface area contributed by atoms with Crippen molar-refractivity contribution in [3.8, 4) is 0 Å². The number of aromatic nitrogens is 1. The summed E-state index contributed by atoms with van der Waals surface area (Å²) in [6, 6.07) is 0.245. The fourth-order valence-corrected chi connectivity index (χ4v) is 2.63. The first-order chi connectivity index (χ1) is 11.8. The van der Waals surface area contributed by atoms with E-state index in [0.717, 1.165) is 0 Å². The summed E-state index contributed by atoms with van der Waals surface area (Å²) in [6.07, 6.45) is 1.31. The summed E-state index contributed by atoms with van der Waals surface area (Å²) in [5.41, 5.74) is -0.164. The minimum atomic E-state index is -0.783. The standard InChI is InChI=1S/C15H16BrN3O6/c1-3-24-14(22)10-7(2)18-15(23)19-9(10)6-25-13(21)8-4-5-17-12(20)11(8)16/h4-5,7H,3,6H2,1-2H3,(H,17,20)(H2,18,19,23). The van der Waals surface area contributed by atoms with Gasteiger partial charge in [0.2, 0.25) is 0 Å². The molecule has 25 heavy (non-hydrogen) atoms. The lowest BCUT2D eigenvalue weighted by Gasteiger charge is -2.26. The van der Waals surface area contributed by atoms with Gasteiger partial charge in [-0.2, -0.15) is 0 Å². The number of halogens is 1. The van der Waals surface area contributed by atoms with Gasteiger partial charge < -0.3 is 25.1 Å². The molecule has 0 radical (unpaired) electrons. The van der Waals surface area contributed by atoms with Gasteiger partial charge in [0.05, 0.1) is 34.0 Å². The van der Waals surface area contributed by atoms with Crippen LogP contribution in [0, 0.1) is 0 Å². The van der Waals surface area contributed by atoms with Crippen molar-refractivity contribution in [1.82, 2.24) is 15.6 Å². The first-order valence-corrected chi connectivity index (χ1v) is 8.16. The van der Waals surface area contributed by atoms with E-state index in [4.69, 9.17) is 9.47 Å². The van der Waals surface area contributed by atoms with Crippen LogP contribution in [0.2, 0.25) is 0 Å². The quantitative estimate of drug-likeness (QED) is 0.613. The van der Waals surface area contributed by atoms with Crippen LogP contribution in [0.1, 0.15) is 24.2 Å². The lowest BCUT2D eigenvalue weighted by Crippen LogP contribution is -2.50. The molecule has 10 heteroatoms. The number of aromatic amines is 1. The highest BCUT2D eigenvalue weighted by Crippen LogP contribution is 2.16. The van der Waals surface area contributed by atoms with Gasteiger partial charge in [-0.1, -0.05) is 0 Å². The van der Waals surface area contributed by atoms with E-state index in [0.29, 0.717) is 0 Å². The zero-order valence-electron chi connectivity index (χ0n) is 13.5. The number of rotatable bonds is 5.